The molecule has 0 aromatic carbocycles. The summed E-state index contributed by atoms with van der Waals surface area (Å²) in [6.07, 6.45) is 4.78. The average Bonchev–Trinajstić information content (AvgIpc) is 2.81. The van der Waals surface area contributed by atoms with E-state index in [9.17, 15) is 0 Å². The van der Waals surface area contributed by atoms with Crippen molar-refractivity contribution in [2.24, 2.45) is 23.7 Å². The van der Waals surface area contributed by atoms with Crippen LogP contribution in [0.25, 0.3) is 0 Å². The minimum Gasteiger partial charge on any atom is -0.255 e. The molecule has 1 saturated carbocycles. The standard InChI is InChI=1S/C14H22BN3/c1-8(2)14-10-4-6-12-13(7-5-11(10)14)18(9(3)15)17-16-12/h8-11,14H,4-7H2,1-3H3. The van der Waals surface area contributed by atoms with Crippen molar-refractivity contribution < 1.29 is 0 Å². The molecule has 1 aromatic rings. The lowest BCUT2D eigenvalue weighted by Crippen LogP contribution is -2.12. The second-order valence-electron chi connectivity index (χ2n) is 6.39. The lowest BCUT2D eigenvalue weighted by Gasteiger charge is -2.13. The van der Waals surface area contributed by atoms with E-state index in [1.165, 1.54) is 24.2 Å². The molecule has 1 aromatic heterocycles. The molecular weight excluding hydrogens is 221 g/mol. The maximum atomic E-state index is 5.95. The van der Waals surface area contributed by atoms with E-state index >= 15 is 0 Å². The summed E-state index contributed by atoms with van der Waals surface area (Å²) in [5.41, 5.74) is 2.48. The van der Waals surface area contributed by atoms with Crippen molar-refractivity contribution in [3.63, 3.8) is 0 Å². The van der Waals surface area contributed by atoms with Crippen LogP contribution in [0.2, 0.25) is 0 Å². The highest BCUT2D eigenvalue weighted by Crippen LogP contribution is 2.56. The van der Waals surface area contributed by atoms with Crippen LogP contribution in [-0.4, -0.2) is 22.8 Å². The molecule has 0 bridgehead atoms. The minimum atomic E-state index is -0.0587. The molecule has 96 valence electrons. The minimum absolute atomic E-state index is 0.0587. The summed E-state index contributed by atoms with van der Waals surface area (Å²) < 4.78 is 1.92. The maximum Gasteiger partial charge on any atom is 0.102 e. The lowest BCUT2D eigenvalue weighted by molar-refractivity contribution is 0.487. The van der Waals surface area contributed by atoms with E-state index in [2.05, 4.69) is 24.2 Å². The van der Waals surface area contributed by atoms with Gasteiger partial charge in [-0.3, -0.25) is 4.68 Å². The maximum absolute atomic E-state index is 5.95. The number of nitrogens with zero attached hydrogens (tertiary/aromatic N) is 3. The molecule has 0 spiro atoms. The van der Waals surface area contributed by atoms with Crippen LogP contribution in [0.1, 0.15) is 50.9 Å². The summed E-state index contributed by atoms with van der Waals surface area (Å²) in [6.45, 7) is 6.71. The fourth-order valence-corrected chi connectivity index (χ4v) is 4.01. The molecule has 4 heteroatoms. The van der Waals surface area contributed by atoms with Gasteiger partial charge in [-0.25, -0.2) is 0 Å². The molecule has 3 rings (SSSR count). The zero-order valence-corrected chi connectivity index (χ0v) is 11.6. The monoisotopic (exact) mass is 243 g/mol. The van der Waals surface area contributed by atoms with Crippen LogP contribution >= 0.6 is 0 Å². The van der Waals surface area contributed by atoms with Gasteiger partial charge in [0.25, 0.3) is 0 Å². The van der Waals surface area contributed by atoms with Crippen molar-refractivity contribution in [1.82, 2.24) is 15.0 Å². The van der Waals surface area contributed by atoms with Crippen molar-refractivity contribution in [3.8, 4) is 0 Å². The Hall–Kier alpha value is -0.795. The first-order chi connectivity index (χ1) is 8.59. The van der Waals surface area contributed by atoms with Crippen LogP contribution in [0.15, 0.2) is 0 Å². The number of aromatic nitrogens is 3. The zero-order valence-electron chi connectivity index (χ0n) is 11.6. The third-order valence-electron chi connectivity index (χ3n) is 4.85. The first-order valence-corrected chi connectivity index (χ1v) is 7.28. The van der Waals surface area contributed by atoms with Crippen molar-refractivity contribution >= 4 is 7.85 Å². The van der Waals surface area contributed by atoms with Gasteiger partial charge in [-0.2, -0.15) is 0 Å². The smallest absolute Gasteiger partial charge is 0.102 e. The highest BCUT2D eigenvalue weighted by Gasteiger charge is 2.50. The highest BCUT2D eigenvalue weighted by atomic mass is 15.4. The predicted octanol–water partition coefficient (Wildman–Crippen LogP) is 2.36. The largest absolute Gasteiger partial charge is 0.255 e. The fourth-order valence-electron chi connectivity index (χ4n) is 4.01. The summed E-state index contributed by atoms with van der Waals surface area (Å²) in [6, 6.07) is 0. The highest BCUT2D eigenvalue weighted by molar-refractivity contribution is 6.10. The van der Waals surface area contributed by atoms with Crippen molar-refractivity contribution in [2.45, 2.75) is 52.4 Å². The molecule has 2 aliphatic rings. The van der Waals surface area contributed by atoms with Gasteiger partial charge in [0.05, 0.1) is 11.4 Å². The second-order valence-corrected chi connectivity index (χ2v) is 6.39. The number of fused-ring (bicyclic) bond motifs is 2. The molecule has 18 heavy (non-hydrogen) atoms. The van der Waals surface area contributed by atoms with Crippen molar-refractivity contribution in [1.29, 1.82) is 0 Å². The van der Waals surface area contributed by atoms with Gasteiger partial charge in [-0.15, -0.1) is 5.10 Å². The predicted molar refractivity (Wildman–Crippen MR) is 72.4 cm³/mol. The van der Waals surface area contributed by atoms with E-state index in [0.717, 1.165) is 36.5 Å². The fraction of sp³-hybridized carbons (Fsp3) is 0.857. The van der Waals surface area contributed by atoms with E-state index in [-0.39, 0.29) is 5.94 Å². The summed E-state index contributed by atoms with van der Waals surface area (Å²) >= 11 is 0. The van der Waals surface area contributed by atoms with Crippen LogP contribution in [0.5, 0.6) is 0 Å². The second kappa shape index (κ2) is 4.39. The van der Waals surface area contributed by atoms with Crippen LogP contribution in [0.3, 0.4) is 0 Å². The molecule has 0 aliphatic heterocycles. The van der Waals surface area contributed by atoms with Crippen LogP contribution in [-0.2, 0) is 12.8 Å². The quantitative estimate of drug-likeness (QED) is 0.746. The van der Waals surface area contributed by atoms with E-state index in [4.69, 9.17) is 7.85 Å². The van der Waals surface area contributed by atoms with Gasteiger partial charge < -0.3 is 0 Å². The van der Waals surface area contributed by atoms with Gasteiger partial charge >= 0.3 is 0 Å². The Morgan fingerprint density at radius 3 is 2.44 bits per heavy atom. The SMILES string of the molecule is [B]C(C)n1nnc2c1CCC1C(CC2)C1C(C)C. The molecule has 4 atom stereocenters. The first-order valence-electron chi connectivity index (χ1n) is 7.28. The average molecular weight is 243 g/mol. The van der Waals surface area contributed by atoms with Crippen molar-refractivity contribution in [3.05, 3.63) is 11.4 Å². The number of rotatable bonds is 2. The first kappa shape index (κ1) is 12.2. The molecule has 2 radical (unpaired) electrons. The Morgan fingerprint density at radius 1 is 1.17 bits per heavy atom. The zero-order chi connectivity index (χ0) is 12.9. The van der Waals surface area contributed by atoms with E-state index in [0.29, 0.717) is 0 Å². The van der Waals surface area contributed by atoms with Gasteiger partial charge in [0.1, 0.15) is 7.85 Å². The van der Waals surface area contributed by atoms with Gasteiger partial charge in [0.2, 0.25) is 0 Å². The number of hydrogen-bond acceptors (Lipinski definition) is 2. The van der Waals surface area contributed by atoms with E-state index < -0.39 is 0 Å². The third-order valence-corrected chi connectivity index (χ3v) is 4.85. The van der Waals surface area contributed by atoms with Crippen LogP contribution in [0, 0.1) is 23.7 Å². The van der Waals surface area contributed by atoms with Crippen molar-refractivity contribution in [2.75, 3.05) is 0 Å². The molecular formula is C14H22BN3. The Morgan fingerprint density at radius 2 is 1.83 bits per heavy atom. The normalized spacial score (nSPS) is 32.3. The number of hydrogen-bond donors (Lipinski definition) is 0. The Kier molecular flexibility index (Phi) is 2.99. The summed E-state index contributed by atoms with van der Waals surface area (Å²) in [5.74, 6) is 3.61. The van der Waals surface area contributed by atoms with Crippen LogP contribution < -0.4 is 0 Å². The molecule has 0 amide bonds. The molecule has 4 unspecified atom stereocenters. The lowest BCUT2D eigenvalue weighted by atomic mass is 9.96. The summed E-state index contributed by atoms with van der Waals surface area (Å²) in [4.78, 5) is 0. The molecule has 3 nitrogen and oxygen atoms in total. The molecule has 0 saturated heterocycles. The van der Waals surface area contributed by atoms with Gasteiger partial charge in [-0.05, 0) is 49.4 Å². The Labute approximate surface area is 111 Å². The Balaban J connectivity index is 1.79. The summed E-state index contributed by atoms with van der Waals surface area (Å²) in [7, 11) is 5.95. The van der Waals surface area contributed by atoms with Gasteiger partial charge in [-0.1, -0.05) is 26.0 Å². The molecule has 1 fully saturated rings. The molecule has 0 N–H and O–H groups in total. The summed E-state index contributed by atoms with van der Waals surface area (Å²) in [5, 5.41) is 8.55. The number of aryl methyl sites for hydroxylation is 1. The van der Waals surface area contributed by atoms with Crippen LogP contribution in [0.4, 0.5) is 0 Å². The Bertz CT molecular complexity index is 438. The topological polar surface area (TPSA) is 30.7 Å². The molecule has 2 aliphatic carbocycles. The third kappa shape index (κ3) is 1.90. The van der Waals surface area contributed by atoms with Gasteiger partial charge in [0, 0.05) is 5.94 Å². The van der Waals surface area contributed by atoms with E-state index in [1.807, 2.05) is 11.6 Å². The van der Waals surface area contributed by atoms with Gasteiger partial charge in [0.15, 0.2) is 0 Å². The molecule has 1 heterocycles. The van der Waals surface area contributed by atoms with E-state index in [1.54, 1.807) is 0 Å².